The van der Waals surface area contributed by atoms with Crippen LogP contribution in [0, 0.1) is 5.92 Å². The highest BCUT2D eigenvalue weighted by atomic mass is 16.3. The van der Waals surface area contributed by atoms with E-state index in [0.29, 0.717) is 13.1 Å². The Labute approximate surface area is 78.7 Å². The van der Waals surface area contributed by atoms with E-state index >= 15 is 0 Å². The largest absolute Gasteiger partial charge is 0.386 e. The molecule has 13 heavy (non-hydrogen) atoms. The van der Waals surface area contributed by atoms with Crippen molar-refractivity contribution in [2.45, 2.75) is 32.4 Å². The summed E-state index contributed by atoms with van der Waals surface area (Å²) in [5.41, 5.74) is 4.98. The van der Waals surface area contributed by atoms with Gasteiger partial charge in [-0.25, -0.2) is 0 Å². The fourth-order valence-corrected chi connectivity index (χ4v) is 1.43. The van der Waals surface area contributed by atoms with Crippen molar-refractivity contribution in [1.29, 1.82) is 0 Å². The van der Waals surface area contributed by atoms with Gasteiger partial charge < -0.3 is 15.7 Å². The Morgan fingerprint density at radius 3 is 2.31 bits per heavy atom. The van der Waals surface area contributed by atoms with Crippen molar-refractivity contribution in [2.75, 3.05) is 13.1 Å². The summed E-state index contributed by atoms with van der Waals surface area (Å²) >= 11 is 0. The van der Waals surface area contributed by atoms with Gasteiger partial charge in [0.05, 0.1) is 24.7 Å². The fraction of sp³-hybridized carbons (Fsp3) is 0.889. The average molecular weight is 186 g/mol. The number of carbonyl (C=O) groups is 1. The third kappa shape index (κ3) is 2.19. The first-order valence-electron chi connectivity index (χ1n) is 4.60. The van der Waals surface area contributed by atoms with E-state index in [0.717, 1.165) is 0 Å². The van der Waals surface area contributed by atoms with E-state index in [9.17, 15) is 9.90 Å². The lowest BCUT2D eigenvalue weighted by molar-refractivity contribution is -0.154. The van der Waals surface area contributed by atoms with Gasteiger partial charge in [-0.3, -0.25) is 4.79 Å². The minimum Gasteiger partial charge on any atom is -0.386 e. The minimum atomic E-state index is -0.702. The van der Waals surface area contributed by atoms with E-state index in [2.05, 4.69) is 0 Å². The minimum absolute atomic E-state index is 0.0541. The molecule has 1 aliphatic heterocycles. The normalized spacial score (nSPS) is 22.8. The maximum absolute atomic E-state index is 11.5. The zero-order valence-electron chi connectivity index (χ0n) is 8.45. The van der Waals surface area contributed by atoms with E-state index in [-0.39, 0.29) is 11.8 Å². The molecule has 0 aromatic rings. The van der Waals surface area contributed by atoms with Gasteiger partial charge in [-0.05, 0) is 12.8 Å². The molecule has 1 unspecified atom stereocenters. The van der Waals surface area contributed by atoms with Gasteiger partial charge in [-0.2, -0.15) is 0 Å². The Hall–Kier alpha value is -0.610. The summed E-state index contributed by atoms with van der Waals surface area (Å²) in [7, 11) is 0. The van der Waals surface area contributed by atoms with Crippen molar-refractivity contribution in [3.8, 4) is 0 Å². The van der Waals surface area contributed by atoms with E-state index in [4.69, 9.17) is 5.73 Å². The Bertz CT molecular complexity index is 206. The summed E-state index contributed by atoms with van der Waals surface area (Å²) in [4.78, 5) is 13.1. The van der Waals surface area contributed by atoms with Crippen LogP contribution < -0.4 is 5.73 Å². The van der Waals surface area contributed by atoms with E-state index in [1.54, 1.807) is 11.8 Å². The van der Waals surface area contributed by atoms with Gasteiger partial charge in [-0.1, -0.05) is 13.8 Å². The standard InChI is InChI=1S/C9H18N2O2/c1-6(2)7(10)8(12)11-4-9(3,13)5-11/h6-7,13H,4-5,10H2,1-3H3. The second kappa shape index (κ2) is 3.27. The lowest BCUT2D eigenvalue weighted by Crippen LogP contribution is -2.65. The first-order chi connectivity index (χ1) is 5.83. The van der Waals surface area contributed by atoms with Crippen LogP contribution in [-0.4, -0.2) is 40.6 Å². The van der Waals surface area contributed by atoms with Gasteiger partial charge in [-0.15, -0.1) is 0 Å². The Balaban J connectivity index is 2.43. The number of aliphatic hydroxyl groups is 1. The summed E-state index contributed by atoms with van der Waals surface area (Å²) in [6.45, 7) is 6.37. The average Bonchev–Trinajstić information content (AvgIpc) is 1.97. The summed E-state index contributed by atoms with van der Waals surface area (Å²) in [5, 5.41) is 9.42. The Morgan fingerprint density at radius 2 is 2.00 bits per heavy atom. The molecule has 0 radical (unpaired) electrons. The van der Waals surface area contributed by atoms with Crippen molar-refractivity contribution >= 4 is 5.91 Å². The highest BCUT2D eigenvalue weighted by Crippen LogP contribution is 2.21. The van der Waals surface area contributed by atoms with E-state index in [1.165, 1.54) is 0 Å². The number of nitrogens with two attached hydrogens (primary N) is 1. The van der Waals surface area contributed by atoms with Crippen LogP contribution in [0.4, 0.5) is 0 Å². The number of carbonyl (C=O) groups excluding carboxylic acids is 1. The number of likely N-dealkylation sites (tertiary alicyclic amines) is 1. The molecule has 1 atom stereocenters. The molecule has 0 aliphatic carbocycles. The fourth-order valence-electron chi connectivity index (χ4n) is 1.43. The smallest absolute Gasteiger partial charge is 0.239 e. The van der Waals surface area contributed by atoms with Crippen LogP contribution in [0.2, 0.25) is 0 Å². The topological polar surface area (TPSA) is 66.6 Å². The molecule has 0 saturated carbocycles. The number of amides is 1. The molecule has 1 amide bonds. The number of hydrogen-bond acceptors (Lipinski definition) is 3. The zero-order valence-corrected chi connectivity index (χ0v) is 8.45. The van der Waals surface area contributed by atoms with Crippen molar-refractivity contribution < 1.29 is 9.90 Å². The highest BCUT2D eigenvalue weighted by molar-refractivity contribution is 5.82. The van der Waals surface area contributed by atoms with Crippen molar-refractivity contribution in [2.24, 2.45) is 11.7 Å². The molecule has 0 aromatic heterocycles. The summed E-state index contributed by atoms with van der Waals surface area (Å²) in [6, 6.07) is -0.434. The number of β-amino-alcohol motifs (C(OH)–C–C–N with tert-alkyl or cyclic N) is 1. The van der Waals surface area contributed by atoms with E-state index in [1.807, 2.05) is 13.8 Å². The maximum atomic E-state index is 11.5. The molecule has 4 heteroatoms. The Kier molecular flexibility index (Phi) is 2.63. The molecule has 0 aromatic carbocycles. The number of nitrogens with zero attached hydrogens (tertiary/aromatic N) is 1. The molecule has 0 spiro atoms. The predicted octanol–water partition coefficient (Wildman–Crippen LogP) is -0.437. The molecule has 0 bridgehead atoms. The van der Waals surface area contributed by atoms with Crippen LogP contribution in [-0.2, 0) is 4.79 Å². The SMILES string of the molecule is CC(C)C(N)C(=O)N1CC(C)(O)C1. The van der Waals surface area contributed by atoms with Crippen molar-refractivity contribution in [3.63, 3.8) is 0 Å². The summed E-state index contributed by atoms with van der Waals surface area (Å²) < 4.78 is 0. The molecule has 1 aliphatic rings. The second-order valence-electron chi connectivity index (χ2n) is 4.46. The van der Waals surface area contributed by atoms with Crippen LogP contribution in [0.25, 0.3) is 0 Å². The van der Waals surface area contributed by atoms with Crippen molar-refractivity contribution in [1.82, 2.24) is 4.90 Å². The van der Waals surface area contributed by atoms with Crippen molar-refractivity contribution in [3.05, 3.63) is 0 Å². The highest BCUT2D eigenvalue weighted by Gasteiger charge is 2.41. The van der Waals surface area contributed by atoms with Gasteiger partial charge in [0.15, 0.2) is 0 Å². The Morgan fingerprint density at radius 1 is 1.54 bits per heavy atom. The molecule has 1 fully saturated rings. The monoisotopic (exact) mass is 186 g/mol. The molecular weight excluding hydrogens is 168 g/mol. The molecule has 76 valence electrons. The van der Waals surface area contributed by atoms with Gasteiger partial charge in [0, 0.05) is 0 Å². The second-order valence-corrected chi connectivity index (χ2v) is 4.46. The quantitative estimate of drug-likeness (QED) is 0.614. The third-order valence-electron chi connectivity index (χ3n) is 2.38. The van der Waals surface area contributed by atoms with Gasteiger partial charge in [0.25, 0.3) is 0 Å². The lowest BCUT2D eigenvalue weighted by Gasteiger charge is -2.45. The molecule has 1 heterocycles. The molecule has 4 nitrogen and oxygen atoms in total. The van der Waals surface area contributed by atoms with Crippen LogP contribution >= 0.6 is 0 Å². The van der Waals surface area contributed by atoms with Crippen LogP contribution in [0.15, 0.2) is 0 Å². The summed E-state index contributed by atoms with van der Waals surface area (Å²) in [5.74, 6) is 0.0968. The summed E-state index contributed by atoms with van der Waals surface area (Å²) in [6.07, 6.45) is 0. The third-order valence-corrected chi connectivity index (χ3v) is 2.38. The molecule has 3 N–H and O–H groups in total. The van der Waals surface area contributed by atoms with Crippen LogP contribution in [0.1, 0.15) is 20.8 Å². The van der Waals surface area contributed by atoms with Crippen LogP contribution in [0.5, 0.6) is 0 Å². The van der Waals surface area contributed by atoms with Gasteiger partial charge in [0.1, 0.15) is 0 Å². The lowest BCUT2D eigenvalue weighted by atomic mass is 9.94. The zero-order chi connectivity index (χ0) is 10.2. The van der Waals surface area contributed by atoms with E-state index < -0.39 is 11.6 Å². The van der Waals surface area contributed by atoms with Gasteiger partial charge >= 0.3 is 0 Å². The molecular formula is C9H18N2O2. The number of hydrogen-bond donors (Lipinski definition) is 2. The molecule has 1 rings (SSSR count). The van der Waals surface area contributed by atoms with Gasteiger partial charge in [0.2, 0.25) is 5.91 Å². The predicted molar refractivity (Wildman–Crippen MR) is 50.0 cm³/mol. The first-order valence-corrected chi connectivity index (χ1v) is 4.60. The maximum Gasteiger partial charge on any atom is 0.239 e. The first kappa shape index (κ1) is 10.5. The molecule has 1 saturated heterocycles. The van der Waals surface area contributed by atoms with Crippen LogP contribution in [0.3, 0.4) is 0 Å². The number of rotatable bonds is 2.